The van der Waals surface area contributed by atoms with Crippen molar-refractivity contribution in [1.29, 1.82) is 0 Å². The van der Waals surface area contributed by atoms with Crippen molar-refractivity contribution in [3.63, 3.8) is 0 Å². The van der Waals surface area contributed by atoms with Gasteiger partial charge in [-0.25, -0.2) is 9.78 Å². The summed E-state index contributed by atoms with van der Waals surface area (Å²) in [4.78, 5) is 27.3. The number of pyridine rings is 1. The molecule has 20 heavy (non-hydrogen) atoms. The van der Waals surface area contributed by atoms with Crippen LogP contribution in [0, 0.1) is 6.92 Å². The third kappa shape index (κ3) is 3.21. The molecule has 0 aliphatic rings. The average molecular weight is 335 g/mol. The number of halogens is 1. The van der Waals surface area contributed by atoms with Gasteiger partial charge in [-0.2, -0.15) is 0 Å². The first-order valence-electron chi connectivity index (χ1n) is 5.75. The van der Waals surface area contributed by atoms with E-state index in [1.807, 2.05) is 0 Å². The van der Waals surface area contributed by atoms with E-state index in [1.165, 1.54) is 12.1 Å². The predicted molar refractivity (Wildman–Crippen MR) is 78.0 cm³/mol. The topological polar surface area (TPSA) is 79.3 Å². The number of nitrogens with one attached hydrogen (secondary N) is 1. The van der Waals surface area contributed by atoms with E-state index in [-0.39, 0.29) is 16.9 Å². The Morgan fingerprint density at radius 2 is 2.00 bits per heavy atom. The molecule has 2 rings (SSSR count). The molecule has 5 nitrogen and oxygen atoms in total. The molecule has 0 spiro atoms. The van der Waals surface area contributed by atoms with Gasteiger partial charge in [-0.1, -0.05) is 22.0 Å². The van der Waals surface area contributed by atoms with Crippen LogP contribution in [-0.4, -0.2) is 22.0 Å². The maximum atomic E-state index is 12.0. The second kappa shape index (κ2) is 5.83. The zero-order chi connectivity index (χ0) is 14.7. The second-order valence-electron chi connectivity index (χ2n) is 4.11. The molecular weight excluding hydrogens is 324 g/mol. The Hall–Kier alpha value is -2.21. The van der Waals surface area contributed by atoms with Crippen LogP contribution in [0.25, 0.3) is 0 Å². The lowest BCUT2D eigenvalue weighted by Gasteiger charge is -2.08. The van der Waals surface area contributed by atoms with Crippen LogP contribution in [0.4, 0.5) is 5.69 Å². The molecule has 0 saturated heterocycles. The van der Waals surface area contributed by atoms with Gasteiger partial charge in [0, 0.05) is 10.2 Å². The first kappa shape index (κ1) is 14.2. The largest absolute Gasteiger partial charge is 0.478 e. The summed E-state index contributed by atoms with van der Waals surface area (Å²) in [6.45, 7) is 1.78. The number of aromatic nitrogens is 1. The van der Waals surface area contributed by atoms with Gasteiger partial charge in [0.25, 0.3) is 5.91 Å². The molecule has 102 valence electrons. The minimum Gasteiger partial charge on any atom is -0.478 e. The number of carboxylic acids is 1. The highest BCUT2D eigenvalue weighted by Gasteiger charge is 2.14. The molecule has 1 aromatic heterocycles. The van der Waals surface area contributed by atoms with Crippen LogP contribution in [0.3, 0.4) is 0 Å². The van der Waals surface area contributed by atoms with Crippen molar-refractivity contribution in [1.82, 2.24) is 4.98 Å². The molecule has 0 atom stereocenters. The van der Waals surface area contributed by atoms with Crippen LogP contribution in [0.5, 0.6) is 0 Å². The van der Waals surface area contributed by atoms with Gasteiger partial charge in [0.2, 0.25) is 0 Å². The van der Waals surface area contributed by atoms with E-state index >= 15 is 0 Å². The monoisotopic (exact) mass is 334 g/mol. The van der Waals surface area contributed by atoms with Gasteiger partial charge in [-0.15, -0.1) is 0 Å². The standard InChI is InChI=1S/C14H11BrN2O3/c1-8-3-2-4-12(16-8)13(18)17-11-6-5-9(15)7-10(11)14(19)20/h2-7H,1H3,(H,17,18)(H,19,20). The zero-order valence-corrected chi connectivity index (χ0v) is 12.1. The molecule has 0 fully saturated rings. The SMILES string of the molecule is Cc1cccc(C(=O)Nc2ccc(Br)cc2C(=O)O)n1. The molecular formula is C14H11BrN2O3. The highest BCUT2D eigenvalue weighted by atomic mass is 79.9. The summed E-state index contributed by atoms with van der Waals surface area (Å²) < 4.78 is 0.626. The van der Waals surface area contributed by atoms with Crippen molar-refractivity contribution in [3.05, 3.63) is 57.8 Å². The van der Waals surface area contributed by atoms with Gasteiger partial charge in [-0.3, -0.25) is 4.79 Å². The Morgan fingerprint density at radius 1 is 1.25 bits per heavy atom. The molecule has 0 radical (unpaired) electrons. The Labute approximate surface area is 123 Å². The maximum absolute atomic E-state index is 12.0. The van der Waals surface area contributed by atoms with Gasteiger partial charge in [0.05, 0.1) is 11.3 Å². The number of hydrogen-bond acceptors (Lipinski definition) is 3. The van der Waals surface area contributed by atoms with Crippen molar-refractivity contribution in [2.75, 3.05) is 5.32 Å². The van der Waals surface area contributed by atoms with Crippen LogP contribution in [0.15, 0.2) is 40.9 Å². The Bertz CT molecular complexity index is 686. The minimum absolute atomic E-state index is 0.0142. The highest BCUT2D eigenvalue weighted by molar-refractivity contribution is 9.10. The number of amides is 1. The predicted octanol–water partition coefficient (Wildman–Crippen LogP) is 3.10. The molecule has 2 N–H and O–H groups in total. The van der Waals surface area contributed by atoms with Gasteiger partial charge >= 0.3 is 5.97 Å². The number of aromatic carboxylic acids is 1. The number of carbonyl (C=O) groups excluding carboxylic acids is 1. The van der Waals surface area contributed by atoms with E-state index in [0.29, 0.717) is 10.2 Å². The maximum Gasteiger partial charge on any atom is 0.337 e. The number of carboxylic acid groups (broad SMARTS) is 1. The van der Waals surface area contributed by atoms with Crippen molar-refractivity contribution in [3.8, 4) is 0 Å². The normalized spacial score (nSPS) is 10.1. The van der Waals surface area contributed by atoms with E-state index in [9.17, 15) is 9.59 Å². The van der Waals surface area contributed by atoms with E-state index in [1.54, 1.807) is 31.2 Å². The third-order valence-corrected chi connectivity index (χ3v) is 3.07. The lowest BCUT2D eigenvalue weighted by atomic mass is 10.1. The third-order valence-electron chi connectivity index (χ3n) is 2.58. The zero-order valence-electron chi connectivity index (χ0n) is 10.6. The fraction of sp³-hybridized carbons (Fsp3) is 0.0714. The Balaban J connectivity index is 2.30. The molecule has 1 heterocycles. The molecule has 0 bridgehead atoms. The molecule has 1 amide bonds. The molecule has 6 heteroatoms. The number of anilines is 1. The number of aryl methyl sites for hydroxylation is 1. The van der Waals surface area contributed by atoms with Gasteiger partial charge in [0.1, 0.15) is 5.69 Å². The summed E-state index contributed by atoms with van der Waals surface area (Å²) in [6, 6.07) is 9.69. The Kier molecular flexibility index (Phi) is 4.14. The van der Waals surface area contributed by atoms with Crippen LogP contribution >= 0.6 is 15.9 Å². The molecule has 2 aromatic rings. The molecule has 0 unspecified atom stereocenters. The van der Waals surface area contributed by atoms with E-state index in [4.69, 9.17) is 5.11 Å². The molecule has 0 aliphatic heterocycles. The average Bonchev–Trinajstić information content (AvgIpc) is 2.40. The summed E-state index contributed by atoms with van der Waals surface area (Å²) in [6.07, 6.45) is 0. The number of nitrogens with zero attached hydrogens (tertiary/aromatic N) is 1. The quantitative estimate of drug-likeness (QED) is 0.903. The van der Waals surface area contributed by atoms with Gasteiger partial charge in [0.15, 0.2) is 0 Å². The minimum atomic E-state index is -1.11. The number of hydrogen-bond donors (Lipinski definition) is 2. The van der Waals surface area contributed by atoms with Crippen LogP contribution < -0.4 is 5.32 Å². The van der Waals surface area contributed by atoms with Crippen molar-refractivity contribution in [2.24, 2.45) is 0 Å². The van der Waals surface area contributed by atoms with Gasteiger partial charge in [-0.05, 0) is 37.3 Å². The van der Waals surface area contributed by atoms with E-state index < -0.39 is 11.9 Å². The van der Waals surface area contributed by atoms with Crippen molar-refractivity contribution in [2.45, 2.75) is 6.92 Å². The second-order valence-corrected chi connectivity index (χ2v) is 5.03. The summed E-state index contributed by atoms with van der Waals surface area (Å²) in [5.74, 6) is -1.56. The first-order chi connectivity index (χ1) is 9.47. The summed E-state index contributed by atoms with van der Waals surface area (Å²) in [5.41, 5.74) is 1.20. The van der Waals surface area contributed by atoms with Crippen molar-refractivity contribution < 1.29 is 14.7 Å². The lowest BCUT2D eigenvalue weighted by molar-refractivity contribution is 0.0698. The fourth-order valence-corrected chi connectivity index (χ4v) is 2.02. The lowest BCUT2D eigenvalue weighted by Crippen LogP contribution is -2.16. The van der Waals surface area contributed by atoms with Crippen LogP contribution in [-0.2, 0) is 0 Å². The van der Waals surface area contributed by atoms with Crippen LogP contribution in [0.2, 0.25) is 0 Å². The van der Waals surface area contributed by atoms with E-state index in [2.05, 4.69) is 26.2 Å². The Morgan fingerprint density at radius 3 is 2.65 bits per heavy atom. The van der Waals surface area contributed by atoms with Gasteiger partial charge < -0.3 is 10.4 Å². The summed E-state index contributed by atoms with van der Waals surface area (Å²) in [5, 5.41) is 11.7. The number of rotatable bonds is 3. The molecule has 1 aromatic carbocycles. The smallest absolute Gasteiger partial charge is 0.337 e. The van der Waals surface area contributed by atoms with Crippen molar-refractivity contribution >= 4 is 33.5 Å². The molecule has 0 saturated carbocycles. The van der Waals surface area contributed by atoms with Crippen LogP contribution in [0.1, 0.15) is 26.5 Å². The summed E-state index contributed by atoms with van der Waals surface area (Å²) in [7, 11) is 0. The fourth-order valence-electron chi connectivity index (χ4n) is 1.66. The summed E-state index contributed by atoms with van der Waals surface area (Å²) >= 11 is 3.20. The number of benzene rings is 1. The first-order valence-corrected chi connectivity index (χ1v) is 6.54. The molecule has 0 aliphatic carbocycles. The number of carbonyl (C=O) groups is 2. The van der Waals surface area contributed by atoms with E-state index in [0.717, 1.165) is 0 Å². The highest BCUT2D eigenvalue weighted by Crippen LogP contribution is 2.21.